The lowest BCUT2D eigenvalue weighted by Crippen LogP contribution is -2.14. The lowest BCUT2D eigenvalue weighted by molar-refractivity contribution is -0.115. The molecule has 3 nitrogen and oxygen atoms in total. The SMILES string of the molecule is CNCc1ccc(NC(=O)Cc2ccc(F)c(F)c2)cc1. The minimum absolute atomic E-state index is 0.00450. The average molecular weight is 290 g/mol. The molecule has 0 saturated carbocycles. The second kappa shape index (κ2) is 6.95. The molecule has 0 saturated heterocycles. The van der Waals surface area contributed by atoms with Crippen LogP contribution in [0.5, 0.6) is 0 Å². The van der Waals surface area contributed by atoms with Gasteiger partial charge in [-0.15, -0.1) is 0 Å². The van der Waals surface area contributed by atoms with Crippen molar-refractivity contribution in [1.82, 2.24) is 5.32 Å². The molecule has 110 valence electrons. The number of benzene rings is 2. The van der Waals surface area contributed by atoms with E-state index in [0.29, 0.717) is 11.3 Å². The van der Waals surface area contributed by atoms with Crippen molar-refractivity contribution in [1.29, 1.82) is 0 Å². The van der Waals surface area contributed by atoms with Gasteiger partial charge in [0.15, 0.2) is 11.6 Å². The maximum absolute atomic E-state index is 13.1. The molecule has 0 radical (unpaired) electrons. The van der Waals surface area contributed by atoms with E-state index in [1.807, 2.05) is 19.2 Å². The molecule has 1 amide bonds. The topological polar surface area (TPSA) is 41.1 Å². The number of nitrogens with one attached hydrogen (secondary N) is 2. The van der Waals surface area contributed by atoms with E-state index in [1.165, 1.54) is 6.07 Å². The number of carbonyl (C=O) groups excluding carboxylic acids is 1. The Bertz CT molecular complexity index is 627. The Morgan fingerprint density at radius 2 is 1.67 bits per heavy atom. The van der Waals surface area contributed by atoms with Crippen LogP contribution in [0.3, 0.4) is 0 Å². The Morgan fingerprint density at radius 1 is 1.00 bits per heavy atom. The molecule has 21 heavy (non-hydrogen) atoms. The van der Waals surface area contributed by atoms with Crippen molar-refractivity contribution < 1.29 is 13.6 Å². The van der Waals surface area contributed by atoms with Gasteiger partial charge in [-0.25, -0.2) is 8.78 Å². The molecular formula is C16H16F2N2O. The molecule has 0 aliphatic heterocycles. The first-order valence-corrected chi connectivity index (χ1v) is 6.56. The van der Waals surface area contributed by atoms with Crippen LogP contribution in [0.15, 0.2) is 42.5 Å². The molecule has 0 fully saturated rings. The molecule has 0 atom stereocenters. The number of anilines is 1. The van der Waals surface area contributed by atoms with Gasteiger partial charge in [0.05, 0.1) is 6.42 Å². The normalized spacial score (nSPS) is 10.4. The molecular weight excluding hydrogens is 274 g/mol. The highest BCUT2D eigenvalue weighted by molar-refractivity contribution is 5.92. The summed E-state index contributed by atoms with van der Waals surface area (Å²) < 4.78 is 25.9. The highest BCUT2D eigenvalue weighted by Crippen LogP contribution is 2.12. The smallest absolute Gasteiger partial charge is 0.228 e. The van der Waals surface area contributed by atoms with Crippen LogP contribution in [0.25, 0.3) is 0 Å². The van der Waals surface area contributed by atoms with Crippen molar-refractivity contribution in [3.63, 3.8) is 0 Å². The zero-order valence-electron chi connectivity index (χ0n) is 11.6. The Labute approximate surface area is 122 Å². The highest BCUT2D eigenvalue weighted by atomic mass is 19.2. The van der Waals surface area contributed by atoms with Crippen LogP contribution in [-0.4, -0.2) is 13.0 Å². The van der Waals surface area contributed by atoms with Gasteiger partial charge in [-0.3, -0.25) is 4.79 Å². The number of carbonyl (C=O) groups is 1. The molecule has 2 rings (SSSR count). The quantitative estimate of drug-likeness (QED) is 0.889. The van der Waals surface area contributed by atoms with Crippen molar-refractivity contribution in [2.45, 2.75) is 13.0 Å². The molecule has 0 bridgehead atoms. The van der Waals surface area contributed by atoms with Gasteiger partial charge in [0.1, 0.15) is 0 Å². The maximum atomic E-state index is 13.1. The van der Waals surface area contributed by atoms with E-state index in [1.54, 1.807) is 12.1 Å². The summed E-state index contributed by atoms with van der Waals surface area (Å²) in [5.41, 5.74) is 2.21. The number of rotatable bonds is 5. The first-order valence-electron chi connectivity index (χ1n) is 6.56. The van der Waals surface area contributed by atoms with Crippen molar-refractivity contribution in [2.24, 2.45) is 0 Å². The van der Waals surface area contributed by atoms with Gasteiger partial charge in [0.2, 0.25) is 5.91 Å². The average Bonchev–Trinajstić information content (AvgIpc) is 2.45. The van der Waals surface area contributed by atoms with E-state index in [-0.39, 0.29) is 12.3 Å². The Morgan fingerprint density at radius 3 is 2.29 bits per heavy atom. The van der Waals surface area contributed by atoms with Gasteiger partial charge < -0.3 is 10.6 Å². The summed E-state index contributed by atoms with van der Waals surface area (Å²) in [6.07, 6.45) is -0.00450. The van der Waals surface area contributed by atoms with Crippen molar-refractivity contribution in [3.05, 3.63) is 65.2 Å². The monoisotopic (exact) mass is 290 g/mol. The molecule has 0 unspecified atom stereocenters. The minimum atomic E-state index is -0.947. The predicted octanol–water partition coefficient (Wildman–Crippen LogP) is 2.87. The van der Waals surface area contributed by atoms with Crippen LogP contribution in [0.1, 0.15) is 11.1 Å². The Balaban J connectivity index is 1.96. The van der Waals surface area contributed by atoms with Crippen molar-refractivity contribution >= 4 is 11.6 Å². The summed E-state index contributed by atoms with van der Waals surface area (Å²) in [6, 6.07) is 10.9. The number of amides is 1. The third-order valence-electron chi connectivity index (χ3n) is 2.97. The van der Waals surface area contributed by atoms with Gasteiger partial charge in [-0.05, 0) is 42.4 Å². The van der Waals surface area contributed by atoms with Crippen LogP contribution in [0.2, 0.25) is 0 Å². The van der Waals surface area contributed by atoms with Gasteiger partial charge >= 0.3 is 0 Å². The summed E-state index contributed by atoms with van der Waals surface area (Å²) in [6.45, 7) is 0.753. The Hall–Kier alpha value is -2.27. The fourth-order valence-corrected chi connectivity index (χ4v) is 1.95. The van der Waals surface area contributed by atoms with Gasteiger partial charge in [0.25, 0.3) is 0 Å². The summed E-state index contributed by atoms with van der Waals surface area (Å²) in [5, 5.41) is 5.75. The lowest BCUT2D eigenvalue weighted by Gasteiger charge is -2.07. The fraction of sp³-hybridized carbons (Fsp3) is 0.188. The number of hydrogen-bond acceptors (Lipinski definition) is 2. The van der Waals surface area contributed by atoms with E-state index in [0.717, 1.165) is 24.2 Å². The number of hydrogen-bond donors (Lipinski definition) is 2. The standard InChI is InChI=1S/C16H16F2N2O/c1-19-10-11-2-5-13(6-3-11)20-16(21)9-12-4-7-14(17)15(18)8-12/h2-8,19H,9-10H2,1H3,(H,20,21). The fourth-order valence-electron chi connectivity index (χ4n) is 1.95. The van der Waals surface area contributed by atoms with E-state index >= 15 is 0 Å². The van der Waals surface area contributed by atoms with Crippen molar-refractivity contribution in [2.75, 3.05) is 12.4 Å². The second-order valence-electron chi connectivity index (χ2n) is 4.70. The molecule has 2 aromatic rings. The van der Waals surface area contributed by atoms with Crippen LogP contribution in [-0.2, 0) is 17.8 Å². The molecule has 0 aliphatic rings. The van der Waals surface area contributed by atoms with E-state index < -0.39 is 11.6 Å². The maximum Gasteiger partial charge on any atom is 0.228 e. The van der Waals surface area contributed by atoms with E-state index in [2.05, 4.69) is 10.6 Å². The van der Waals surface area contributed by atoms with Gasteiger partial charge in [-0.2, -0.15) is 0 Å². The number of halogens is 2. The molecule has 0 heterocycles. The van der Waals surface area contributed by atoms with Gasteiger partial charge in [0, 0.05) is 12.2 Å². The minimum Gasteiger partial charge on any atom is -0.326 e. The summed E-state index contributed by atoms with van der Waals surface area (Å²) >= 11 is 0. The molecule has 2 aromatic carbocycles. The van der Waals surface area contributed by atoms with E-state index in [4.69, 9.17) is 0 Å². The first kappa shape index (κ1) is 15.1. The molecule has 0 spiro atoms. The van der Waals surface area contributed by atoms with Crippen LogP contribution in [0.4, 0.5) is 14.5 Å². The van der Waals surface area contributed by atoms with Crippen LogP contribution >= 0.6 is 0 Å². The summed E-state index contributed by atoms with van der Waals surface area (Å²) in [7, 11) is 1.86. The van der Waals surface area contributed by atoms with Crippen LogP contribution < -0.4 is 10.6 Å². The van der Waals surface area contributed by atoms with Crippen LogP contribution in [0, 0.1) is 11.6 Å². The lowest BCUT2D eigenvalue weighted by atomic mass is 10.1. The molecule has 5 heteroatoms. The predicted molar refractivity (Wildman–Crippen MR) is 77.9 cm³/mol. The molecule has 2 N–H and O–H groups in total. The van der Waals surface area contributed by atoms with Crippen molar-refractivity contribution in [3.8, 4) is 0 Å². The Kier molecular flexibility index (Phi) is 5.00. The second-order valence-corrected chi connectivity index (χ2v) is 4.70. The third kappa shape index (κ3) is 4.36. The summed E-state index contributed by atoms with van der Waals surface area (Å²) in [5.74, 6) is -2.14. The highest BCUT2D eigenvalue weighted by Gasteiger charge is 2.07. The largest absolute Gasteiger partial charge is 0.326 e. The first-order chi connectivity index (χ1) is 10.1. The zero-order chi connectivity index (χ0) is 15.2. The molecule has 0 aromatic heterocycles. The summed E-state index contributed by atoms with van der Waals surface area (Å²) in [4.78, 5) is 11.8. The van der Waals surface area contributed by atoms with Gasteiger partial charge in [-0.1, -0.05) is 18.2 Å². The molecule has 0 aliphatic carbocycles. The third-order valence-corrected chi connectivity index (χ3v) is 2.97. The van der Waals surface area contributed by atoms with E-state index in [9.17, 15) is 13.6 Å². The zero-order valence-corrected chi connectivity index (χ0v) is 11.6.